The number of halogens is 3. The number of aromatic nitrogens is 1. The van der Waals surface area contributed by atoms with Crippen LogP contribution in [0.25, 0.3) is 0 Å². The Morgan fingerprint density at radius 2 is 2.07 bits per heavy atom. The minimum atomic E-state index is -5.01. The van der Waals surface area contributed by atoms with E-state index in [4.69, 9.17) is 0 Å². The number of nitrogens with zero attached hydrogens (tertiary/aromatic N) is 1. The molecule has 6 heteroatoms. The van der Waals surface area contributed by atoms with Crippen LogP contribution in [0.1, 0.15) is 16.1 Å². The molecule has 14 heavy (non-hydrogen) atoms. The molecule has 1 rings (SSSR count). The van der Waals surface area contributed by atoms with Gasteiger partial charge in [0.2, 0.25) is 0 Å². The van der Waals surface area contributed by atoms with E-state index in [1.54, 1.807) is 0 Å². The van der Waals surface area contributed by atoms with Crippen molar-refractivity contribution in [3.63, 3.8) is 0 Å². The third-order valence-corrected chi connectivity index (χ3v) is 1.41. The summed E-state index contributed by atoms with van der Waals surface area (Å²) < 4.78 is 35.8. The van der Waals surface area contributed by atoms with Crippen molar-refractivity contribution in [2.45, 2.75) is 6.18 Å². The number of carbonyl (C=O) groups excluding carboxylic acids is 2. The average Bonchev–Trinajstić information content (AvgIpc) is 2.15. The maximum atomic E-state index is 11.9. The number of rotatable bonds is 2. The van der Waals surface area contributed by atoms with E-state index in [2.05, 4.69) is 4.98 Å². The summed E-state index contributed by atoms with van der Waals surface area (Å²) in [5.74, 6) is -2.09. The molecule has 0 unspecified atom stereocenters. The second-order valence-electron chi connectivity index (χ2n) is 2.33. The number of ketones is 1. The van der Waals surface area contributed by atoms with Gasteiger partial charge in [-0.2, -0.15) is 13.2 Å². The third-order valence-electron chi connectivity index (χ3n) is 1.41. The van der Waals surface area contributed by atoms with Gasteiger partial charge in [0.05, 0.1) is 5.56 Å². The predicted molar refractivity (Wildman–Crippen MR) is 39.4 cm³/mol. The molecular formula is C8H3F3NO2. The van der Waals surface area contributed by atoms with Crippen LogP contribution >= 0.6 is 0 Å². The Balaban J connectivity index is 3.19. The van der Waals surface area contributed by atoms with Crippen molar-refractivity contribution in [2.24, 2.45) is 0 Å². The van der Waals surface area contributed by atoms with Crippen LogP contribution in [0.2, 0.25) is 0 Å². The molecular weight excluding hydrogens is 199 g/mol. The molecule has 0 bridgehead atoms. The Kier molecular flexibility index (Phi) is 2.64. The fourth-order valence-electron chi connectivity index (χ4n) is 0.823. The van der Waals surface area contributed by atoms with Crippen molar-refractivity contribution in [3.05, 3.63) is 29.6 Å². The lowest BCUT2D eigenvalue weighted by molar-refractivity contribution is -0.0885. The molecule has 73 valence electrons. The van der Waals surface area contributed by atoms with Crippen molar-refractivity contribution in [1.29, 1.82) is 0 Å². The zero-order chi connectivity index (χ0) is 10.8. The summed E-state index contributed by atoms with van der Waals surface area (Å²) in [7, 11) is 0. The van der Waals surface area contributed by atoms with Crippen molar-refractivity contribution in [3.8, 4) is 0 Å². The molecule has 0 spiro atoms. The third kappa shape index (κ3) is 1.95. The number of pyridine rings is 1. The summed E-state index contributed by atoms with van der Waals surface area (Å²) in [5.41, 5.74) is -1.41. The normalized spacial score (nSPS) is 11.1. The first-order chi connectivity index (χ1) is 6.46. The van der Waals surface area contributed by atoms with Gasteiger partial charge < -0.3 is 0 Å². The molecule has 1 aromatic heterocycles. The minimum Gasteiger partial charge on any atom is -0.284 e. The first-order valence-electron chi connectivity index (χ1n) is 3.41. The van der Waals surface area contributed by atoms with Gasteiger partial charge in [0, 0.05) is 6.20 Å². The number of carbonyl (C=O) groups is 1. The molecule has 0 N–H and O–H groups in total. The van der Waals surface area contributed by atoms with Crippen LogP contribution in [0.3, 0.4) is 0 Å². The fourth-order valence-corrected chi connectivity index (χ4v) is 0.823. The Morgan fingerprint density at radius 1 is 1.43 bits per heavy atom. The number of alkyl halides is 3. The second-order valence-corrected chi connectivity index (χ2v) is 2.33. The van der Waals surface area contributed by atoms with E-state index in [-0.39, 0.29) is 0 Å². The highest BCUT2D eigenvalue weighted by Gasteiger charge is 2.40. The van der Waals surface area contributed by atoms with Crippen molar-refractivity contribution in [2.75, 3.05) is 0 Å². The molecule has 0 aliphatic rings. The summed E-state index contributed by atoms with van der Waals surface area (Å²) in [6, 6.07) is 2.02. The maximum Gasteiger partial charge on any atom is 0.454 e. The molecule has 0 saturated carbocycles. The van der Waals surface area contributed by atoms with Gasteiger partial charge in [-0.1, -0.05) is 0 Å². The number of Topliss-reactive ketones (excluding diaryl/α,β-unsaturated/α-hetero) is 1. The largest absolute Gasteiger partial charge is 0.454 e. The smallest absolute Gasteiger partial charge is 0.284 e. The zero-order valence-corrected chi connectivity index (χ0v) is 6.63. The van der Waals surface area contributed by atoms with Crippen molar-refractivity contribution in [1.82, 2.24) is 4.98 Å². The van der Waals surface area contributed by atoms with Crippen LogP contribution in [0.5, 0.6) is 0 Å². The Morgan fingerprint density at radius 3 is 2.57 bits per heavy atom. The molecule has 1 radical (unpaired) electrons. The van der Waals surface area contributed by atoms with Gasteiger partial charge in [0.15, 0.2) is 0 Å². The second kappa shape index (κ2) is 3.57. The molecule has 0 aromatic carbocycles. The van der Waals surface area contributed by atoms with Gasteiger partial charge in [0.1, 0.15) is 5.69 Å². The lowest BCUT2D eigenvalue weighted by Crippen LogP contribution is -2.24. The van der Waals surface area contributed by atoms with Gasteiger partial charge >= 0.3 is 6.18 Å². The highest BCUT2D eigenvalue weighted by Crippen LogP contribution is 2.21. The molecule has 3 nitrogen and oxygen atoms in total. The summed E-state index contributed by atoms with van der Waals surface area (Å²) in [6.45, 7) is 0. The Labute approximate surface area is 76.6 Å². The van der Waals surface area contributed by atoms with Gasteiger partial charge in [-0.15, -0.1) is 0 Å². The van der Waals surface area contributed by atoms with Crippen LogP contribution in [0.4, 0.5) is 13.2 Å². The summed E-state index contributed by atoms with van der Waals surface area (Å²) in [5, 5.41) is 0. The van der Waals surface area contributed by atoms with E-state index in [1.165, 1.54) is 6.29 Å². The van der Waals surface area contributed by atoms with E-state index in [9.17, 15) is 22.8 Å². The van der Waals surface area contributed by atoms with E-state index < -0.39 is 23.2 Å². The van der Waals surface area contributed by atoms with Crippen molar-refractivity contribution >= 4 is 12.1 Å². The number of hydrogen-bond acceptors (Lipinski definition) is 3. The molecule has 0 fully saturated rings. The molecule has 0 saturated heterocycles. The van der Waals surface area contributed by atoms with Gasteiger partial charge in [-0.25, -0.2) is 0 Å². The van der Waals surface area contributed by atoms with Crippen LogP contribution < -0.4 is 0 Å². The highest BCUT2D eigenvalue weighted by molar-refractivity contribution is 6.05. The molecule has 0 atom stereocenters. The van der Waals surface area contributed by atoms with Gasteiger partial charge in [-0.3, -0.25) is 14.6 Å². The first kappa shape index (κ1) is 10.4. The summed E-state index contributed by atoms with van der Waals surface area (Å²) >= 11 is 0. The highest BCUT2D eigenvalue weighted by atomic mass is 19.4. The maximum absolute atomic E-state index is 11.9. The van der Waals surface area contributed by atoms with Crippen LogP contribution in [0, 0.1) is 0 Å². The zero-order valence-electron chi connectivity index (χ0n) is 6.63. The minimum absolute atomic E-state index is 0.630. The monoisotopic (exact) mass is 202 g/mol. The summed E-state index contributed by atoms with van der Waals surface area (Å²) in [4.78, 5) is 24.1. The topological polar surface area (TPSA) is 47.0 Å². The Bertz CT molecular complexity index is 373. The Hall–Kier alpha value is -1.72. The predicted octanol–water partition coefficient (Wildman–Crippen LogP) is 1.28. The van der Waals surface area contributed by atoms with Crippen LogP contribution in [-0.2, 0) is 4.79 Å². The summed E-state index contributed by atoms with van der Waals surface area (Å²) in [6.07, 6.45) is -2.73. The molecule has 0 aliphatic carbocycles. The van der Waals surface area contributed by atoms with Gasteiger partial charge in [-0.05, 0) is 12.1 Å². The molecule has 0 amide bonds. The molecule has 0 aliphatic heterocycles. The number of hydrogen-bond donors (Lipinski definition) is 0. The van der Waals surface area contributed by atoms with E-state index in [0.29, 0.717) is 0 Å². The SMILES string of the molecule is O=[C]c1ncccc1C(=O)C(F)(F)F. The van der Waals surface area contributed by atoms with Gasteiger partial charge in [0.25, 0.3) is 12.1 Å². The standard InChI is InChI=1S/C8H3F3NO2/c9-8(10,11)7(14)5-2-1-3-12-6(5)4-13/h1-3H. The molecule has 1 heterocycles. The van der Waals surface area contributed by atoms with Crippen LogP contribution in [0.15, 0.2) is 18.3 Å². The fraction of sp³-hybridized carbons (Fsp3) is 0.125. The lowest BCUT2D eigenvalue weighted by Gasteiger charge is -2.05. The van der Waals surface area contributed by atoms with Crippen molar-refractivity contribution < 1.29 is 22.8 Å². The average molecular weight is 202 g/mol. The van der Waals surface area contributed by atoms with E-state index in [1.807, 2.05) is 0 Å². The molecule has 1 aromatic rings. The first-order valence-corrected chi connectivity index (χ1v) is 3.41. The lowest BCUT2D eigenvalue weighted by atomic mass is 10.1. The van der Waals surface area contributed by atoms with Crippen LogP contribution in [-0.4, -0.2) is 23.2 Å². The van der Waals surface area contributed by atoms with E-state index >= 15 is 0 Å². The quantitative estimate of drug-likeness (QED) is 0.678. The van der Waals surface area contributed by atoms with E-state index in [0.717, 1.165) is 18.3 Å².